The highest BCUT2D eigenvalue weighted by Gasteiger charge is 2.31. The van der Waals surface area contributed by atoms with Gasteiger partial charge in [-0.05, 0) is 31.6 Å². The van der Waals surface area contributed by atoms with Crippen molar-refractivity contribution in [1.29, 1.82) is 0 Å². The largest absolute Gasteiger partial charge is 0.390 e. The second-order valence-corrected chi connectivity index (χ2v) is 8.61. The van der Waals surface area contributed by atoms with Crippen molar-refractivity contribution < 1.29 is 13.5 Å². The lowest BCUT2D eigenvalue weighted by Crippen LogP contribution is -2.36. The summed E-state index contributed by atoms with van der Waals surface area (Å²) in [5.41, 5.74) is 0.585. The number of aromatic nitrogens is 1. The van der Waals surface area contributed by atoms with Crippen LogP contribution in [0, 0.1) is 0 Å². The van der Waals surface area contributed by atoms with E-state index >= 15 is 0 Å². The molecule has 0 amide bonds. The number of aryl methyl sites for hydroxylation is 1. The van der Waals surface area contributed by atoms with E-state index in [0.717, 1.165) is 18.6 Å². The predicted molar refractivity (Wildman–Crippen MR) is 76.6 cm³/mol. The molecular weight excluding hydrogens is 284 g/mol. The highest BCUT2D eigenvalue weighted by Crippen LogP contribution is 2.37. The Morgan fingerprint density at radius 3 is 2.84 bits per heavy atom. The van der Waals surface area contributed by atoms with Crippen LogP contribution in [-0.2, 0) is 23.7 Å². The van der Waals surface area contributed by atoms with Gasteiger partial charge in [0.15, 0.2) is 0 Å². The van der Waals surface area contributed by atoms with Crippen LogP contribution in [0.4, 0.5) is 0 Å². The van der Waals surface area contributed by atoms with Crippen molar-refractivity contribution in [3.8, 4) is 0 Å². The zero-order chi connectivity index (χ0) is 14.1. The van der Waals surface area contributed by atoms with Crippen molar-refractivity contribution in [2.45, 2.75) is 36.0 Å². The fourth-order valence-electron chi connectivity index (χ4n) is 2.19. The monoisotopic (exact) mass is 304 g/mol. The van der Waals surface area contributed by atoms with Crippen molar-refractivity contribution in [2.24, 2.45) is 7.05 Å². The first-order chi connectivity index (χ1) is 8.86. The molecule has 1 fully saturated rings. The minimum Gasteiger partial charge on any atom is -0.390 e. The molecule has 1 aromatic heterocycles. The summed E-state index contributed by atoms with van der Waals surface area (Å²) in [4.78, 5) is 0.214. The van der Waals surface area contributed by atoms with E-state index in [0.29, 0.717) is 12.2 Å². The molecule has 5 nitrogen and oxygen atoms in total. The molecule has 0 aliphatic carbocycles. The third kappa shape index (κ3) is 3.34. The Labute approximate surface area is 118 Å². The van der Waals surface area contributed by atoms with E-state index in [1.807, 2.05) is 11.8 Å². The first-order valence-corrected chi connectivity index (χ1v) is 8.73. The molecule has 0 spiro atoms. The average Bonchev–Trinajstić information content (AvgIpc) is 2.94. The highest BCUT2D eigenvalue weighted by molar-refractivity contribution is 8.01. The Morgan fingerprint density at radius 1 is 1.58 bits per heavy atom. The van der Waals surface area contributed by atoms with Crippen LogP contribution in [0.25, 0.3) is 0 Å². The molecule has 1 aliphatic rings. The molecule has 7 heteroatoms. The number of thioether (sulfide) groups is 1. The van der Waals surface area contributed by atoms with E-state index in [1.54, 1.807) is 11.6 Å². The van der Waals surface area contributed by atoms with Gasteiger partial charge in [-0.1, -0.05) is 0 Å². The summed E-state index contributed by atoms with van der Waals surface area (Å²) in [5.74, 6) is 1.10. The number of aliphatic hydroxyl groups is 1. The Hall–Kier alpha value is -0.500. The molecule has 2 heterocycles. The number of hydrogen-bond donors (Lipinski definition) is 2. The van der Waals surface area contributed by atoms with Gasteiger partial charge >= 0.3 is 0 Å². The van der Waals surface area contributed by atoms with Crippen LogP contribution in [0.2, 0.25) is 0 Å². The van der Waals surface area contributed by atoms with Gasteiger partial charge in [0.2, 0.25) is 10.0 Å². The first kappa shape index (κ1) is 14.9. The third-order valence-corrected chi connectivity index (χ3v) is 6.40. The van der Waals surface area contributed by atoms with Gasteiger partial charge < -0.3 is 9.67 Å². The maximum absolute atomic E-state index is 12.2. The van der Waals surface area contributed by atoms with Crippen molar-refractivity contribution in [1.82, 2.24) is 9.29 Å². The predicted octanol–water partition coefficient (Wildman–Crippen LogP) is 1.08. The van der Waals surface area contributed by atoms with E-state index in [-0.39, 0.29) is 16.2 Å². The summed E-state index contributed by atoms with van der Waals surface area (Å²) in [7, 11) is -1.77. The Kier molecular flexibility index (Phi) is 4.29. The summed E-state index contributed by atoms with van der Waals surface area (Å²) >= 11 is 1.82. The van der Waals surface area contributed by atoms with Crippen LogP contribution in [0.15, 0.2) is 17.2 Å². The average molecular weight is 304 g/mol. The lowest BCUT2D eigenvalue weighted by Gasteiger charge is -2.22. The van der Waals surface area contributed by atoms with Gasteiger partial charge in [0, 0.05) is 30.2 Å². The Balaban J connectivity index is 2.09. The van der Waals surface area contributed by atoms with Gasteiger partial charge in [0.05, 0.1) is 11.5 Å². The Morgan fingerprint density at radius 2 is 2.32 bits per heavy atom. The maximum Gasteiger partial charge on any atom is 0.242 e. The zero-order valence-corrected chi connectivity index (χ0v) is 12.9. The molecule has 1 aliphatic heterocycles. The quantitative estimate of drug-likeness (QED) is 0.854. The third-order valence-electron chi connectivity index (χ3n) is 3.49. The van der Waals surface area contributed by atoms with Crippen LogP contribution in [0.3, 0.4) is 0 Å². The lowest BCUT2D eigenvalue weighted by molar-refractivity contribution is 0.272. The fourth-order valence-corrected chi connectivity index (χ4v) is 4.79. The summed E-state index contributed by atoms with van der Waals surface area (Å²) < 4.78 is 28.7. The smallest absolute Gasteiger partial charge is 0.242 e. The number of sulfonamides is 1. The van der Waals surface area contributed by atoms with E-state index in [2.05, 4.69) is 11.6 Å². The summed E-state index contributed by atoms with van der Waals surface area (Å²) in [6.45, 7) is 2.38. The van der Waals surface area contributed by atoms with E-state index in [1.165, 1.54) is 12.3 Å². The van der Waals surface area contributed by atoms with Crippen LogP contribution < -0.4 is 4.72 Å². The second kappa shape index (κ2) is 5.47. The van der Waals surface area contributed by atoms with Gasteiger partial charge in [-0.25, -0.2) is 13.1 Å². The van der Waals surface area contributed by atoms with Gasteiger partial charge in [0.1, 0.15) is 0 Å². The minimum absolute atomic E-state index is 0.00165. The molecule has 0 radical (unpaired) electrons. The molecule has 1 saturated heterocycles. The molecule has 0 aromatic carbocycles. The standard InChI is InChI=1S/C12H20N2O3S2/c1-12(4-3-5-18-12)9-13-19(16,17)11-6-10(8-15)14(2)7-11/h6-7,13,15H,3-5,8-9H2,1-2H3. The molecule has 1 unspecified atom stereocenters. The number of nitrogens with one attached hydrogen (secondary N) is 1. The molecule has 1 aromatic rings. The first-order valence-electron chi connectivity index (χ1n) is 6.26. The van der Waals surface area contributed by atoms with Crippen molar-refractivity contribution in [3.05, 3.63) is 18.0 Å². The Bertz CT molecular complexity index is 545. The van der Waals surface area contributed by atoms with Gasteiger partial charge in [0.25, 0.3) is 0 Å². The normalized spacial score (nSPS) is 23.9. The minimum atomic E-state index is -3.49. The summed E-state index contributed by atoms with van der Waals surface area (Å²) in [6, 6.07) is 1.51. The lowest BCUT2D eigenvalue weighted by atomic mass is 10.1. The van der Waals surface area contributed by atoms with E-state index < -0.39 is 10.0 Å². The molecule has 108 valence electrons. The number of rotatable bonds is 5. The summed E-state index contributed by atoms with van der Waals surface area (Å²) in [5, 5.41) is 9.10. The van der Waals surface area contributed by atoms with Gasteiger partial charge in [-0.3, -0.25) is 0 Å². The van der Waals surface area contributed by atoms with E-state index in [4.69, 9.17) is 5.11 Å². The van der Waals surface area contributed by atoms with Crippen LogP contribution >= 0.6 is 11.8 Å². The molecule has 19 heavy (non-hydrogen) atoms. The highest BCUT2D eigenvalue weighted by atomic mass is 32.2. The van der Waals surface area contributed by atoms with Crippen LogP contribution in [0.1, 0.15) is 25.5 Å². The van der Waals surface area contributed by atoms with Gasteiger partial charge in [-0.2, -0.15) is 11.8 Å². The molecule has 2 rings (SSSR count). The molecule has 2 N–H and O–H groups in total. The second-order valence-electron chi connectivity index (χ2n) is 5.16. The zero-order valence-electron chi connectivity index (χ0n) is 11.2. The van der Waals surface area contributed by atoms with Crippen molar-refractivity contribution in [3.63, 3.8) is 0 Å². The number of hydrogen-bond acceptors (Lipinski definition) is 4. The van der Waals surface area contributed by atoms with Crippen molar-refractivity contribution >= 4 is 21.8 Å². The maximum atomic E-state index is 12.2. The molecular formula is C12H20N2O3S2. The van der Waals surface area contributed by atoms with Crippen LogP contribution in [0.5, 0.6) is 0 Å². The molecule has 1 atom stereocenters. The molecule has 0 bridgehead atoms. The SMILES string of the molecule is Cn1cc(S(=O)(=O)NCC2(C)CCCS2)cc1CO. The fraction of sp³-hybridized carbons (Fsp3) is 0.667. The van der Waals surface area contributed by atoms with Crippen molar-refractivity contribution in [2.75, 3.05) is 12.3 Å². The number of aliphatic hydroxyl groups excluding tert-OH is 1. The molecule has 0 saturated carbocycles. The topological polar surface area (TPSA) is 71.3 Å². The van der Waals surface area contributed by atoms with Crippen LogP contribution in [-0.4, -0.2) is 35.1 Å². The number of nitrogens with zero attached hydrogens (tertiary/aromatic N) is 1. The van der Waals surface area contributed by atoms with Gasteiger partial charge in [-0.15, -0.1) is 0 Å². The van der Waals surface area contributed by atoms with E-state index in [9.17, 15) is 8.42 Å². The summed E-state index contributed by atoms with van der Waals surface area (Å²) in [6.07, 6.45) is 3.71.